The van der Waals surface area contributed by atoms with Crippen LogP contribution in [0.25, 0.3) is 0 Å². The second kappa shape index (κ2) is 3.85. The van der Waals surface area contributed by atoms with Gasteiger partial charge in [-0.3, -0.25) is 4.18 Å². The van der Waals surface area contributed by atoms with Crippen molar-refractivity contribution in [3.05, 3.63) is 6.92 Å². The van der Waals surface area contributed by atoms with Gasteiger partial charge in [-0.15, -0.1) is 0 Å². The maximum atomic E-state index is 10.5. The Labute approximate surface area is 56.1 Å². The molecule has 0 saturated heterocycles. The lowest BCUT2D eigenvalue weighted by molar-refractivity contribution is 0.397. The Morgan fingerprint density at radius 3 is 2.44 bits per heavy atom. The van der Waals surface area contributed by atoms with Crippen LogP contribution in [0.5, 0.6) is 0 Å². The fraction of sp³-hybridized carbons (Fsp3) is 0.800. The van der Waals surface area contributed by atoms with Gasteiger partial charge in [0.05, 0.1) is 12.9 Å². The van der Waals surface area contributed by atoms with E-state index in [9.17, 15) is 8.42 Å². The minimum Gasteiger partial charge on any atom is -0.273 e. The lowest BCUT2D eigenvalue weighted by Gasteiger charge is -1.96. The van der Waals surface area contributed by atoms with E-state index >= 15 is 0 Å². The van der Waals surface area contributed by atoms with E-state index in [-0.39, 0.29) is 5.75 Å². The summed E-state index contributed by atoms with van der Waals surface area (Å²) in [5, 5.41) is 0. The third-order valence-electron chi connectivity index (χ3n) is 0.898. The van der Waals surface area contributed by atoms with Gasteiger partial charge in [0.1, 0.15) is 0 Å². The molecule has 0 spiro atoms. The zero-order valence-electron chi connectivity index (χ0n) is 5.46. The molecule has 1 radical (unpaired) electrons. The van der Waals surface area contributed by atoms with Crippen LogP contribution in [0.15, 0.2) is 0 Å². The molecule has 0 aromatic heterocycles. The first-order valence-electron chi connectivity index (χ1n) is 2.70. The third-order valence-corrected chi connectivity index (χ3v) is 2.19. The van der Waals surface area contributed by atoms with Crippen molar-refractivity contribution in [3.8, 4) is 0 Å². The Morgan fingerprint density at radius 1 is 1.56 bits per heavy atom. The maximum absolute atomic E-state index is 10.5. The van der Waals surface area contributed by atoms with E-state index in [1.165, 1.54) is 7.11 Å². The van der Waals surface area contributed by atoms with Crippen LogP contribution < -0.4 is 0 Å². The molecule has 0 aliphatic heterocycles. The van der Waals surface area contributed by atoms with Gasteiger partial charge in [-0.05, 0) is 6.42 Å². The van der Waals surface area contributed by atoms with E-state index < -0.39 is 10.1 Å². The summed E-state index contributed by atoms with van der Waals surface area (Å²) in [5.74, 6) is 0.0764. The van der Waals surface area contributed by atoms with Gasteiger partial charge in [0.25, 0.3) is 10.1 Å². The molecule has 9 heavy (non-hydrogen) atoms. The summed E-state index contributed by atoms with van der Waals surface area (Å²) >= 11 is 0. The monoisotopic (exact) mass is 151 g/mol. The van der Waals surface area contributed by atoms with Crippen molar-refractivity contribution < 1.29 is 12.6 Å². The molecule has 0 N–H and O–H groups in total. The molecule has 0 fully saturated rings. The molecule has 0 unspecified atom stereocenters. The second-order valence-electron chi connectivity index (χ2n) is 1.64. The lowest BCUT2D eigenvalue weighted by atomic mass is 10.4. The average molecular weight is 151 g/mol. The zero-order valence-corrected chi connectivity index (χ0v) is 6.28. The maximum Gasteiger partial charge on any atom is 0.267 e. The molecule has 0 bridgehead atoms. The Kier molecular flexibility index (Phi) is 3.81. The normalized spacial score (nSPS) is 11.8. The quantitative estimate of drug-likeness (QED) is 0.552. The van der Waals surface area contributed by atoms with Crippen LogP contribution in [-0.2, 0) is 14.3 Å². The fourth-order valence-electron chi connectivity index (χ4n) is 0.362. The summed E-state index contributed by atoms with van der Waals surface area (Å²) < 4.78 is 25.2. The predicted octanol–water partition coefficient (Wildman–Crippen LogP) is 0.577. The molecule has 4 heteroatoms. The molecule has 0 aliphatic rings. The standard InChI is InChI=1S/C5H11O3S/c1-3-4-5-9(6,7)8-2/h1,3-5H2,2H3. The van der Waals surface area contributed by atoms with Gasteiger partial charge in [-0.2, -0.15) is 8.42 Å². The van der Waals surface area contributed by atoms with Crippen molar-refractivity contribution in [2.45, 2.75) is 12.8 Å². The summed E-state index contributed by atoms with van der Waals surface area (Å²) in [6, 6.07) is 0. The van der Waals surface area contributed by atoms with Gasteiger partial charge in [0.15, 0.2) is 0 Å². The van der Waals surface area contributed by atoms with E-state index in [2.05, 4.69) is 11.1 Å². The van der Waals surface area contributed by atoms with Crippen LogP contribution in [-0.4, -0.2) is 21.3 Å². The minimum atomic E-state index is -3.22. The Bertz CT molecular complexity index is 148. The third kappa shape index (κ3) is 4.42. The van der Waals surface area contributed by atoms with E-state index in [1.807, 2.05) is 0 Å². The number of rotatable bonds is 4. The fourth-order valence-corrected chi connectivity index (χ4v) is 1.09. The van der Waals surface area contributed by atoms with Crippen LogP contribution in [0.2, 0.25) is 0 Å². The van der Waals surface area contributed by atoms with E-state index in [4.69, 9.17) is 0 Å². The number of hydrogen-bond acceptors (Lipinski definition) is 3. The predicted molar refractivity (Wildman–Crippen MR) is 35.4 cm³/mol. The molecule has 0 aromatic rings. The first-order chi connectivity index (χ1) is 4.12. The Hall–Kier alpha value is -0.0900. The molecule has 0 amide bonds. The highest BCUT2D eigenvalue weighted by molar-refractivity contribution is 7.86. The van der Waals surface area contributed by atoms with Gasteiger partial charge in [-0.25, -0.2) is 0 Å². The molecule has 0 saturated carbocycles. The van der Waals surface area contributed by atoms with Crippen molar-refractivity contribution in [1.82, 2.24) is 0 Å². The highest BCUT2D eigenvalue weighted by Crippen LogP contribution is 1.95. The van der Waals surface area contributed by atoms with Crippen LogP contribution in [0, 0.1) is 6.92 Å². The van der Waals surface area contributed by atoms with Crippen LogP contribution in [0.3, 0.4) is 0 Å². The van der Waals surface area contributed by atoms with Gasteiger partial charge in [-0.1, -0.05) is 13.3 Å². The Balaban J connectivity index is 3.61. The van der Waals surface area contributed by atoms with Crippen molar-refractivity contribution in [1.29, 1.82) is 0 Å². The van der Waals surface area contributed by atoms with Crippen molar-refractivity contribution in [2.75, 3.05) is 12.9 Å². The van der Waals surface area contributed by atoms with Crippen molar-refractivity contribution in [2.24, 2.45) is 0 Å². The summed E-state index contributed by atoms with van der Waals surface area (Å²) in [7, 11) is -2.06. The van der Waals surface area contributed by atoms with E-state index in [0.29, 0.717) is 12.8 Å². The van der Waals surface area contributed by atoms with E-state index in [0.717, 1.165) is 0 Å². The molecular formula is C5H11O3S. The molecular weight excluding hydrogens is 140 g/mol. The van der Waals surface area contributed by atoms with Crippen molar-refractivity contribution in [3.63, 3.8) is 0 Å². The van der Waals surface area contributed by atoms with Crippen molar-refractivity contribution >= 4 is 10.1 Å². The number of unbranched alkanes of at least 4 members (excludes halogenated alkanes) is 1. The van der Waals surface area contributed by atoms with Crippen LogP contribution >= 0.6 is 0 Å². The molecule has 0 aliphatic carbocycles. The first kappa shape index (κ1) is 8.91. The largest absolute Gasteiger partial charge is 0.273 e. The smallest absolute Gasteiger partial charge is 0.267 e. The van der Waals surface area contributed by atoms with Crippen LogP contribution in [0.1, 0.15) is 12.8 Å². The highest BCUT2D eigenvalue weighted by atomic mass is 32.2. The summed E-state index contributed by atoms with van der Waals surface area (Å²) in [5.41, 5.74) is 0. The molecule has 3 nitrogen and oxygen atoms in total. The second-order valence-corrected chi connectivity index (χ2v) is 3.49. The molecule has 0 aromatic carbocycles. The SMILES string of the molecule is [CH2]CCCS(=O)(=O)OC. The summed E-state index contributed by atoms with van der Waals surface area (Å²) in [6.07, 6.45) is 1.19. The van der Waals surface area contributed by atoms with Gasteiger partial charge in [0.2, 0.25) is 0 Å². The van der Waals surface area contributed by atoms with Gasteiger partial charge < -0.3 is 0 Å². The summed E-state index contributed by atoms with van der Waals surface area (Å²) in [4.78, 5) is 0. The molecule has 0 atom stereocenters. The van der Waals surface area contributed by atoms with E-state index in [1.54, 1.807) is 0 Å². The molecule has 0 heterocycles. The van der Waals surface area contributed by atoms with Gasteiger partial charge >= 0.3 is 0 Å². The van der Waals surface area contributed by atoms with Gasteiger partial charge in [0, 0.05) is 0 Å². The summed E-state index contributed by atoms with van der Waals surface area (Å²) in [6.45, 7) is 3.50. The molecule has 0 rings (SSSR count). The lowest BCUT2D eigenvalue weighted by Crippen LogP contribution is -2.06. The highest BCUT2D eigenvalue weighted by Gasteiger charge is 2.05. The van der Waals surface area contributed by atoms with Crippen LogP contribution in [0.4, 0.5) is 0 Å². The Morgan fingerprint density at radius 2 is 2.11 bits per heavy atom. The average Bonchev–Trinajstić information content (AvgIpc) is 1.84. The number of hydrogen-bond donors (Lipinski definition) is 0. The zero-order chi connectivity index (χ0) is 7.33. The molecule has 55 valence electrons. The minimum absolute atomic E-state index is 0.0764. The topological polar surface area (TPSA) is 43.4 Å². The first-order valence-corrected chi connectivity index (χ1v) is 4.27.